The SMILES string of the molecule is O=[N+]([O-])c1cc(Br)cnc1Cl.O=[N+]([O-])c1cc(Br)cnc1N1CCCCC1. The van der Waals surface area contributed by atoms with Crippen molar-refractivity contribution in [2.75, 3.05) is 18.0 Å². The van der Waals surface area contributed by atoms with Crippen LogP contribution in [0, 0.1) is 20.2 Å². The molecular formula is C15H14Br2ClN5O4. The molecule has 144 valence electrons. The van der Waals surface area contributed by atoms with E-state index in [0.717, 1.165) is 25.9 Å². The number of hydrogen-bond donors (Lipinski definition) is 0. The third kappa shape index (κ3) is 6.08. The topological polar surface area (TPSA) is 115 Å². The number of nitrogens with zero attached hydrogens (tertiary/aromatic N) is 5. The van der Waals surface area contributed by atoms with Crippen molar-refractivity contribution in [3.05, 3.63) is 58.9 Å². The summed E-state index contributed by atoms with van der Waals surface area (Å²) >= 11 is 11.7. The van der Waals surface area contributed by atoms with E-state index in [9.17, 15) is 20.2 Å². The van der Waals surface area contributed by atoms with Gasteiger partial charge in [-0.1, -0.05) is 11.6 Å². The minimum atomic E-state index is -0.583. The van der Waals surface area contributed by atoms with Crippen molar-refractivity contribution in [2.24, 2.45) is 0 Å². The van der Waals surface area contributed by atoms with Crippen molar-refractivity contribution < 1.29 is 9.85 Å². The van der Waals surface area contributed by atoms with Crippen LogP contribution in [0.5, 0.6) is 0 Å². The summed E-state index contributed by atoms with van der Waals surface area (Å²) in [4.78, 5) is 29.9. The highest BCUT2D eigenvalue weighted by Crippen LogP contribution is 2.30. The van der Waals surface area contributed by atoms with E-state index in [0.29, 0.717) is 14.8 Å². The van der Waals surface area contributed by atoms with Crippen LogP contribution in [0.1, 0.15) is 19.3 Å². The molecule has 3 heterocycles. The van der Waals surface area contributed by atoms with Crippen LogP contribution in [0.3, 0.4) is 0 Å². The van der Waals surface area contributed by atoms with Gasteiger partial charge in [0.05, 0.1) is 9.85 Å². The van der Waals surface area contributed by atoms with Gasteiger partial charge < -0.3 is 4.90 Å². The van der Waals surface area contributed by atoms with E-state index in [4.69, 9.17) is 11.6 Å². The normalized spacial score (nSPS) is 13.5. The number of pyridine rings is 2. The summed E-state index contributed by atoms with van der Waals surface area (Å²) in [6.07, 6.45) is 6.36. The van der Waals surface area contributed by atoms with Crippen molar-refractivity contribution in [3.8, 4) is 0 Å². The fourth-order valence-electron chi connectivity index (χ4n) is 2.45. The lowest BCUT2D eigenvalue weighted by molar-refractivity contribution is -0.385. The van der Waals surface area contributed by atoms with Crippen molar-refractivity contribution in [1.29, 1.82) is 0 Å². The Morgan fingerprint density at radius 3 is 1.96 bits per heavy atom. The monoisotopic (exact) mass is 521 g/mol. The first kappa shape index (κ1) is 21.5. The number of anilines is 1. The molecule has 1 aliphatic rings. The molecular weight excluding hydrogens is 509 g/mol. The van der Waals surface area contributed by atoms with Crippen molar-refractivity contribution in [2.45, 2.75) is 19.3 Å². The van der Waals surface area contributed by atoms with Gasteiger partial charge in [0, 0.05) is 46.6 Å². The highest BCUT2D eigenvalue weighted by atomic mass is 79.9. The maximum absolute atomic E-state index is 10.9. The first-order chi connectivity index (χ1) is 12.8. The van der Waals surface area contributed by atoms with Gasteiger partial charge in [-0.05, 0) is 51.1 Å². The smallest absolute Gasteiger partial charge is 0.312 e. The Labute approximate surface area is 176 Å². The molecule has 1 saturated heterocycles. The third-order valence-electron chi connectivity index (χ3n) is 3.65. The summed E-state index contributed by atoms with van der Waals surface area (Å²) in [5.41, 5.74) is -0.114. The van der Waals surface area contributed by atoms with E-state index in [2.05, 4.69) is 41.8 Å². The molecule has 1 fully saturated rings. The van der Waals surface area contributed by atoms with Gasteiger partial charge in [0.1, 0.15) is 0 Å². The Morgan fingerprint density at radius 1 is 0.926 bits per heavy atom. The average molecular weight is 524 g/mol. The zero-order valence-corrected chi connectivity index (χ0v) is 17.8. The van der Waals surface area contributed by atoms with Gasteiger partial charge in [0.25, 0.3) is 0 Å². The molecule has 3 rings (SSSR count). The molecule has 0 unspecified atom stereocenters. The molecule has 0 aliphatic carbocycles. The van der Waals surface area contributed by atoms with E-state index >= 15 is 0 Å². The van der Waals surface area contributed by atoms with Crippen molar-refractivity contribution in [1.82, 2.24) is 9.97 Å². The summed E-state index contributed by atoms with van der Waals surface area (Å²) in [5, 5.41) is 21.1. The molecule has 0 spiro atoms. The molecule has 0 N–H and O–H groups in total. The lowest BCUT2D eigenvalue weighted by Crippen LogP contribution is -2.30. The summed E-state index contributed by atoms with van der Waals surface area (Å²) in [6, 6.07) is 2.81. The Morgan fingerprint density at radius 2 is 1.44 bits per heavy atom. The zero-order chi connectivity index (χ0) is 20.0. The van der Waals surface area contributed by atoms with Gasteiger partial charge in [-0.3, -0.25) is 20.2 Å². The molecule has 0 amide bonds. The molecule has 0 aromatic carbocycles. The minimum absolute atomic E-state index is 0.0799. The molecule has 12 heteroatoms. The minimum Gasteiger partial charge on any atom is -0.351 e. The van der Waals surface area contributed by atoms with Crippen LogP contribution in [0.2, 0.25) is 5.15 Å². The van der Waals surface area contributed by atoms with Crippen LogP contribution in [0.25, 0.3) is 0 Å². The standard InChI is InChI=1S/C10H12BrN3O2.C5H2BrClN2O2/c11-8-6-9(14(15)16)10(12-7-8)13-4-2-1-3-5-13;6-3-1-4(9(10)11)5(7)8-2-3/h6-7H,1-5H2;1-2H. The van der Waals surface area contributed by atoms with Crippen LogP contribution >= 0.6 is 43.5 Å². The van der Waals surface area contributed by atoms with Gasteiger partial charge in [0.15, 0.2) is 0 Å². The molecule has 9 nitrogen and oxygen atoms in total. The van der Waals surface area contributed by atoms with Crippen molar-refractivity contribution >= 4 is 60.7 Å². The average Bonchev–Trinajstić information content (AvgIpc) is 2.64. The fraction of sp³-hybridized carbons (Fsp3) is 0.333. The quantitative estimate of drug-likeness (QED) is 0.310. The Balaban J connectivity index is 0.000000208. The molecule has 0 atom stereocenters. The number of rotatable bonds is 3. The summed E-state index contributed by atoms with van der Waals surface area (Å²) in [5.74, 6) is 0.493. The highest BCUT2D eigenvalue weighted by Gasteiger charge is 2.22. The first-order valence-electron chi connectivity index (χ1n) is 7.80. The van der Waals surface area contributed by atoms with Crippen LogP contribution in [0.15, 0.2) is 33.5 Å². The first-order valence-corrected chi connectivity index (χ1v) is 9.76. The van der Waals surface area contributed by atoms with Crippen molar-refractivity contribution in [3.63, 3.8) is 0 Å². The highest BCUT2D eigenvalue weighted by molar-refractivity contribution is 9.10. The zero-order valence-electron chi connectivity index (χ0n) is 13.8. The van der Waals surface area contributed by atoms with E-state index in [1.807, 2.05) is 4.90 Å². The fourth-order valence-corrected chi connectivity index (χ4v) is 3.26. The maximum Gasteiger partial charge on any atom is 0.312 e. The largest absolute Gasteiger partial charge is 0.351 e. The lowest BCUT2D eigenvalue weighted by atomic mass is 10.1. The van der Waals surface area contributed by atoms with Gasteiger partial charge in [0.2, 0.25) is 11.0 Å². The second-order valence-corrected chi connectivity index (χ2v) is 7.71. The van der Waals surface area contributed by atoms with Gasteiger partial charge in [-0.15, -0.1) is 0 Å². The number of halogens is 3. The van der Waals surface area contributed by atoms with E-state index in [-0.39, 0.29) is 21.5 Å². The lowest BCUT2D eigenvalue weighted by Gasteiger charge is -2.27. The molecule has 27 heavy (non-hydrogen) atoms. The molecule has 0 radical (unpaired) electrons. The Hall–Kier alpha value is -1.85. The second-order valence-electron chi connectivity index (χ2n) is 5.52. The van der Waals surface area contributed by atoms with Crippen LogP contribution in [0.4, 0.5) is 17.2 Å². The second kappa shape index (κ2) is 9.90. The van der Waals surface area contributed by atoms with Gasteiger partial charge in [-0.2, -0.15) is 0 Å². The van der Waals surface area contributed by atoms with Crippen LogP contribution in [-0.2, 0) is 0 Å². The molecule has 2 aromatic rings. The number of piperidine rings is 1. The summed E-state index contributed by atoms with van der Waals surface area (Å²) < 4.78 is 1.17. The van der Waals surface area contributed by atoms with Crippen LogP contribution in [-0.4, -0.2) is 32.9 Å². The number of aromatic nitrogens is 2. The Bertz CT molecular complexity index is 849. The molecule has 0 bridgehead atoms. The summed E-state index contributed by atoms with van der Waals surface area (Å²) in [6.45, 7) is 1.71. The van der Waals surface area contributed by atoms with Gasteiger partial charge in [-0.25, -0.2) is 9.97 Å². The maximum atomic E-state index is 10.9. The van der Waals surface area contributed by atoms with Gasteiger partial charge >= 0.3 is 11.4 Å². The van der Waals surface area contributed by atoms with Crippen LogP contribution < -0.4 is 4.90 Å². The third-order valence-corrected chi connectivity index (χ3v) is 4.81. The van der Waals surface area contributed by atoms with E-state index in [1.54, 1.807) is 6.20 Å². The van der Waals surface area contributed by atoms with E-state index in [1.165, 1.54) is 24.8 Å². The number of hydrogen-bond acceptors (Lipinski definition) is 7. The van der Waals surface area contributed by atoms with E-state index < -0.39 is 4.92 Å². The summed E-state index contributed by atoms with van der Waals surface area (Å²) in [7, 11) is 0. The molecule has 1 aliphatic heterocycles. The predicted octanol–water partition coefficient (Wildman–Crippen LogP) is 5.15. The Kier molecular flexibility index (Phi) is 7.87. The molecule has 0 saturated carbocycles. The predicted molar refractivity (Wildman–Crippen MR) is 108 cm³/mol. The number of nitro groups is 2. The molecule has 2 aromatic heterocycles.